The summed E-state index contributed by atoms with van der Waals surface area (Å²) >= 11 is 0. The van der Waals surface area contributed by atoms with Crippen molar-refractivity contribution < 1.29 is 9.90 Å². The molecular weight excluding hydrogens is 266 g/mol. The molecule has 0 aliphatic rings. The molecule has 3 N–H and O–H groups in total. The summed E-state index contributed by atoms with van der Waals surface area (Å²) in [5.74, 6) is 0.161. The minimum atomic E-state index is -0.246. The Morgan fingerprint density at radius 2 is 2.05 bits per heavy atom. The maximum absolute atomic E-state index is 12.1. The second kappa shape index (κ2) is 7.04. The highest BCUT2D eigenvalue weighted by Crippen LogP contribution is 2.17. The number of aliphatic hydroxyl groups excluding tert-OH is 1. The van der Waals surface area contributed by atoms with Gasteiger partial charge in [0.2, 0.25) is 0 Å². The second-order valence-electron chi connectivity index (χ2n) is 5.52. The van der Waals surface area contributed by atoms with Crippen molar-refractivity contribution in [1.29, 1.82) is 0 Å². The van der Waals surface area contributed by atoms with Gasteiger partial charge in [-0.25, -0.2) is 0 Å². The van der Waals surface area contributed by atoms with Crippen LogP contribution < -0.4 is 5.32 Å². The van der Waals surface area contributed by atoms with E-state index in [1.54, 1.807) is 6.07 Å². The lowest BCUT2D eigenvalue weighted by Gasteiger charge is -2.17. The molecule has 0 spiro atoms. The molecule has 1 amide bonds. The SMILES string of the molecule is CC(C)CC(CO)NC(=O)c1cc(-c2ccccc2)n[nH]1. The molecule has 5 nitrogen and oxygen atoms in total. The molecule has 112 valence electrons. The zero-order valence-corrected chi connectivity index (χ0v) is 12.3. The van der Waals surface area contributed by atoms with Gasteiger partial charge in [-0.15, -0.1) is 0 Å². The molecular formula is C16H21N3O2. The molecule has 0 aliphatic carbocycles. The number of hydrogen-bond donors (Lipinski definition) is 3. The van der Waals surface area contributed by atoms with E-state index in [-0.39, 0.29) is 18.6 Å². The van der Waals surface area contributed by atoms with E-state index >= 15 is 0 Å². The number of nitrogens with zero attached hydrogens (tertiary/aromatic N) is 1. The van der Waals surface area contributed by atoms with Crippen LogP contribution in [0.3, 0.4) is 0 Å². The standard InChI is InChI=1S/C16H21N3O2/c1-11(2)8-13(10-20)17-16(21)15-9-14(18-19-15)12-6-4-3-5-7-12/h3-7,9,11,13,20H,8,10H2,1-2H3,(H,17,21)(H,18,19). The van der Waals surface area contributed by atoms with Gasteiger partial charge in [-0.2, -0.15) is 5.10 Å². The van der Waals surface area contributed by atoms with Crippen LogP contribution in [-0.2, 0) is 0 Å². The highest BCUT2D eigenvalue weighted by Gasteiger charge is 2.16. The van der Waals surface area contributed by atoms with E-state index < -0.39 is 0 Å². The molecule has 1 aromatic carbocycles. The number of amides is 1. The Hall–Kier alpha value is -2.14. The first-order chi connectivity index (χ1) is 10.1. The minimum absolute atomic E-state index is 0.0659. The first kappa shape index (κ1) is 15.3. The summed E-state index contributed by atoms with van der Waals surface area (Å²) in [5, 5.41) is 19.0. The molecule has 21 heavy (non-hydrogen) atoms. The lowest BCUT2D eigenvalue weighted by atomic mass is 10.0. The lowest BCUT2D eigenvalue weighted by molar-refractivity contribution is 0.0903. The first-order valence-electron chi connectivity index (χ1n) is 7.12. The van der Waals surface area contributed by atoms with E-state index in [0.29, 0.717) is 11.6 Å². The maximum Gasteiger partial charge on any atom is 0.269 e. The molecule has 0 saturated heterocycles. The topological polar surface area (TPSA) is 78.0 Å². The average Bonchev–Trinajstić information content (AvgIpc) is 2.97. The van der Waals surface area contributed by atoms with E-state index in [2.05, 4.69) is 29.4 Å². The number of carbonyl (C=O) groups is 1. The van der Waals surface area contributed by atoms with Gasteiger partial charge < -0.3 is 10.4 Å². The second-order valence-corrected chi connectivity index (χ2v) is 5.52. The highest BCUT2D eigenvalue weighted by atomic mass is 16.3. The number of rotatable bonds is 6. The Kier molecular flexibility index (Phi) is 5.11. The molecule has 0 saturated carbocycles. The van der Waals surface area contributed by atoms with Crippen molar-refractivity contribution in [2.45, 2.75) is 26.3 Å². The van der Waals surface area contributed by atoms with Gasteiger partial charge in [0.05, 0.1) is 18.3 Å². The maximum atomic E-state index is 12.1. The zero-order valence-electron chi connectivity index (χ0n) is 12.3. The van der Waals surface area contributed by atoms with Crippen molar-refractivity contribution in [3.63, 3.8) is 0 Å². The Bertz CT molecular complexity index is 578. The van der Waals surface area contributed by atoms with E-state index in [1.165, 1.54) is 0 Å². The first-order valence-corrected chi connectivity index (χ1v) is 7.12. The number of nitrogens with one attached hydrogen (secondary N) is 2. The molecule has 0 aliphatic heterocycles. The molecule has 2 rings (SSSR count). The Balaban J connectivity index is 2.05. The molecule has 2 aromatic rings. The van der Waals surface area contributed by atoms with Crippen LogP contribution in [0.4, 0.5) is 0 Å². The molecule has 0 radical (unpaired) electrons. The molecule has 5 heteroatoms. The van der Waals surface area contributed by atoms with Crippen molar-refractivity contribution in [1.82, 2.24) is 15.5 Å². The smallest absolute Gasteiger partial charge is 0.269 e. The van der Waals surface area contributed by atoms with Crippen molar-refractivity contribution >= 4 is 5.91 Å². The van der Waals surface area contributed by atoms with Gasteiger partial charge in [0.15, 0.2) is 0 Å². The van der Waals surface area contributed by atoms with E-state index in [0.717, 1.165) is 17.7 Å². The number of hydrogen-bond acceptors (Lipinski definition) is 3. The van der Waals surface area contributed by atoms with Crippen molar-refractivity contribution in [2.24, 2.45) is 5.92 Å². The third kappa shape index (κ3) is 4.16. The fraction of sp³-hybridized carbons (Fsp3) is 0.375. The molecule has 1 heterocycles. The summed E-state index contributed by atoms with van der Waals surface area (Å²) in [5.41, 5.74) is 2.08. The van der Waals surface area contributed by atoms with E-state index in [4.69, 9.17) is 0 Å². The van der Waals surface area contributed by atoms with Crippen LogP contribution in [0.5, 0.6) is 0 Å². The van der Waals surface area contributed by atoms with Gasteiger partial charge in [0, 0.05) is 5.56 Å². The summed E-state index contributed by atoms with van der Waals surface area (Å²) in [6.45, 7) is 4.04. The number of benzene rings is 1. The summed E-state index contributed by atoms with van der Waals surface area (Å²) in [6.07, 6.45) is 0.738. The summed E-state index contributed by atoms with van der Waals surface area (Å²) in [7, 11) is 0. The number of H-pyrrole nitrogens is 1. The molecule has 1 atom stereocenters. The molecule has 0 bridgehead atoms. The fourth-order valence-corrected chi connectivity index (χ4v) is 2.21. The molecule has 0 fully saturated rings. The van der Waals surface area contributed by atoms with Crippen molar-refractivity contribution in [3.05, 3.63) is 42.1 Å². The van der Waals surface area contributed by atoms with Gasteiger partial charge in [0.25, 0.3) is 5.91 Å². The summed E-state index contributed by atoms with van der Waals surface area (Å²) in [4.78, 5) is 12.1. The van der Waals surface area contributed by atoms with Crippen LogP contribution in [0, 0.1) is 5.92 Å². The third-order valence-corrected chi connectivity index (χ3v) is 3.20. The van der Waals surface area contributed by atoms with Crippen LogP contribution in [0.2, 0.25) is 0 Å². The number of aromatic nitrogens is 2. The van der Waals surface area contributed by atoms with Crippen LogP contribution >= 0.6 is 0 Å². The van der Waals surface area contributed by atoms with E-state index in [9.17, 15) is 9.90 Å². The van der Waals surface area contributed by atoms with Gasteiger partial charge in [-0.05, 0) is 18.4 Å². The van der Waals surface area contributed by atoms with Crippen LogP contribution in [-0.4, -0.2) is 33.9 Å². The molecule has 1 aromatic heterocycles. The number of carbonyl (C=O) groups excluding carboxylic acids is 1. The minimum Gasteiger partial charge on any atom is -0.394 e. The van der Waals surface area contributed by atoms with Crippen LogP contribution in [0.1, 0.15) is 30.8 Å². The van der Waals surface area contributed by atoms with Crippen LogP contribution in [0.15, 0.2) is 36.4 Å². The van der Waals surface area contributed by atoms with Crippen molar-refractivity contribution in [3.8, 4) is 11.3 Å². The van der Waals surface area contributed by atoms with Crippen LogP contribution in [0.25, 0.3) is 11.3 Å². The Morgan fingerprint density at radius 3 is 2.67 bits per heavy atom. The normalized spacial score (nSPS) is 12.4. The average molecular weight is 287 g/mol. The molecule has 1 unspecified atom stereocenters. The lowest BCUT2D eigenvalue weighted by Crippen LogP contribution is -2.38. The van der Waals surface area contributed by atoms with Crippen molar-refractivity contribution in [2.75, 3.05) is 6.61 Å². The quantitative estimate of drug-likeness (QED) is 0.762. The van der Waals surface area contributed by atoms with Gasteiger partial charge >= 0.3 is 0 Å². The van der Waals surface area contributed by atoms with Gasteiger partial charge in [-0.3, -0.25) is 9.89 Å². The highest BCUT2D eigenvalue weighted by molar-refractivity contribution is 5.93. The number of aromatic amines is 1. The Labute approximate surface area is 124 Å². The fourth-order valence-electron chi connectivity index (χ4n) is 2.21. The number of aliphatic hydroxyl groups is 1. The van der Waals surface area contributed by atoms with Gasteiger partial charge in [-0.1, -0.05) is 44.2 Å². The zero-order chi connectivity index (χ0) is 15.2. The predicted octanol–water partition coefficient (Wildman–Crippen LogP) is 2.21. The summed E-state index contributed by atoms with van der Waals surface area (Å²) < 4.78 is 0. The largest absolute Gasteiger partial charge is 0.394 e. The predicted molar refractivity (Wildman–Crippen MR) is 81.8 cm³/mol. The summed E-state index contributed by atoms with van der Waals surface area (Å²) in [6, 6.07) is 11.1. The Morgan fingerprint density at radius 1 is 1.33 bits per heavy atom. The third-order valence-electron chi connectivity index (χ3n) is 3.20. The van der Waals surface area contributed by atoms with E-state index in [1.807, 2.05) is 30.3 Å². The monoisotopic (exact) mass is 287 g/mol. The van der Waals surface area contributed by atoms with Gasteiger partial charge in [0.1, 0.15) is 5.69 Å².